The molecule has 4 rings (SSSR count). The molecule has 0 spiro atoms. The van der Waals surface area contributed by atoms with Crippen LogP contribution in [0.2, 0.25) is 0 Å². The molecule has 0 radical (unpaired) electrons. The van der Waals surface area contributed by atoms with Gasteiger partial charge in [-0.15, -0.1) is 11.3 Å². The van der Waals surface area contributed by atoms with Gasteiger partial charge in [-0.2, -0.15) is 0 Å². The van der Waals surface area contributed by atoms with Gasteiger partial charge in [0.1, 0.15) is 11.2 Å². The number of amides is 1. The van der Waals surface area contributed by atoms with Gasteiger partial charge in [-0.05, 0) is 75.4 Å². The van der Waals surface area contributed by atoms with E-state index >= 15 is 0 Å². The van der Waals surface area contributed by atoms with Crippen LogP contribution < -0.4 is 4.72 Å². The van der Waals surface area contributed by atoms with Crippen LogP contribution in [0.25, 0.3) is 27.0 Å². The van der Waals surface area contributed by atoms with Gasteiger partial charge >= 0.3 is 6.09 Å². The fraction of sp³-hybridized carbons (Fsp3) is 0.391. The van der Waals surface area contributed by atoms with Gasteiger partial charge in [-0.25, -0.2) is 9.78 Å². The summed E-state index contributed by atoms with van der Waals surface area (Å²) in [6.45, 7) is 6.95. The second kappa shape index (κ2) is 9.66. The molecule has 3 N–H and O–H groups in total. The Morgan fingerprint density at radius 3 is 3.00 bits per heavy atom. The third-order valence-electron chi connectivity index (χ3n) is 4.90. The smallest absolute Gasteiger partial charge is 0.414 e. The number of hydrogen-bond acceptors (Lipinski definition) is 7. The molecule has 0 unspecified atom stereocenters. The van der Waals surface area contributed by atoms with E-state index in [2.05, 4.69) is 32.9 Å². The van der Waals surface area contributed by atoms with Crippen LogP contribution in [0.15, 0.2) is 40.9 Å². The first-order chi connectivity index (χ1) is 15.3. The molecule has 1 aliphatic rings. The number of thiophene rings is 1. The fourth-order valence-corrected chi connectivity index (χ4v) is 5.39. The summed E-state index contributed by atoms with van der Waals surface area (Å²) in [4.78, 5) is 23.3. The summed E-state index contributed by atoms with van der Waals surface area (Å²) in [6, 6.07) is 8.35. The van der Waals surface area contributed by atoms with Crippen LogP contribution >= 0.6 is 23.3 Å². The van der Waals surface area contributed by atoms with Gasteiger partial charge in [0.05, 0.1) is 10.8 Å². The first-order valence-electron chi connectivity index (χ1n) is 10.6. The molecular formula is C23H28N4O3S2. The predicted molar refractivity (Wildman–Crippen MR) is 131 cm³/mol. The summed E-state index contributed by atoms with van der Waals surface area (Å²) in [6.07, 6.45) is 5.17. The third kappa shape index (κ3) is 5.35. The molecule has 0 aliphatic carbocycles. The summed E-state index contributed by atoms with van der Waals surface area (Å²) >= 11 is 3.23. The minimum absolute atomic E-state index is 0.115. The molecule has 0 saturated carbocycles. The molecule has 0 bridgehead atoms. The van der Waals surface area contributed by atoms with E-state index in [4.69, 9.17) is 9.84 Å². The van der Waals surface area contributed by atoms with Crippen molar-refractivity contribution in [2.24, 2.45) is 0 Å². The highest BCUT2D eigenvalue weighted by Crippen LogP contribution is 2.37. The highest BCUT2D eigenvalue weighted by Gasteiger charge is 2.24. The molecule has 32 heavy (non-hydrogen) atoms. The number of carbonyl (C=O) groups excluding carboxylic acids is 1. The molecule has 0 atom stereocenters. The third-order valence-corrected chi connectivity index (χ3v) is 6.99. The van der Waals surface area contributed by atoms with Gasteiger partial charge in [0.25, 0.3) is 0 Å². The number of aromatic amines is 1. The Labute approximate surface area is 196 Å². The minimum atomic E-state index is -0.520. The van der Waals surface area contributed by atoms with Gasteiger partial charge < -0.3 is 14.8 Å². The molecule has 1 aliphatic heterocycles. The van der Waals surface area contributed by atoms with Gasteiger partial charge in [0, 0.05) is 47.0 Å². The number of hydrogen-bond donors (Lipinski definition) is 3. The molecule has 3 aromatic rings. The Morgan fingerprint density at radius 1 is 1.38 bits per heavy atom. The lowest BCUT2D eigenvalue weighted by molar-refractivity contribution is 0.0329. The Hall–Kier alpha value is -2.33. The molecule has 0 saturated heterocycles. The number of fused-ring (bicyclic) bond motifs is 1. The number of nitrogens with one attached hydrogen (secondary N) is 2. The molecule has 3 aromatic heterocycles. The molecule has 0 aromatic carbocycles. The number of allylic oxidation sites excluding steroid dienone is 1. The second-order valence-corrected chi connectivity index (χ2v) is 10.8. The minimum Gasteiger partial charge on any atom is -0.443 e. The SMILES string of the molecule is CC(C)(C)OC(=O)N1C=C(c2cc3c(-c4ccc(SNCCO)s4)ccnc3[nH]2)CCC1. The Balaban J connectivity index is 1.60. The Kier molecular flexibility index (Phi) is 6.90. The molecule has 4 heterocycles. The van der Waals surface area contributed by atoms with Crippen molar-refractivity contribution in [2.45, 2.75) is 43.4 Å². The van der Waals surface area contributed by atoms with E-state index in [1.54, 1.807) is 16.2 Å². The van der Waals surface area contributed by atoms with Crippen LogP contribution in [-0.2, 0) is 4.74 Å². The lowest BCUT2D eigenvalue weighted by Crippen LogP contribution is -2.35. The van der Waals surface area contributed by atoms with Gasteiger partial charge in [-0.1, -0.05) is 0 Å². The van der Waals surface area contributed by atoms with Crippen molar-refractivity contribution >= 4 is 46.0 Å². The monoisotopic (exact) mass is 472 g/mol. The van der Waals surface area contributed by atoms with Crippen LogP contribution in [-0.4, -0.2) is 51.4 Å². The van der Waals surface area contributed by atoms with Crippen LogP contribution in [0.4, 0.5) is 4.79 Å². The zero-order valence-electron chi connectivity index (χ0n) is 18.5. The maximum atomic E-state index is 12.5. The van der Waals surface area contributed by atoms with Crippen molar-refractivity contribution in [3.63, 3.8) is 0 Å². The normalized spacial score (nSPS) is 14.6. The number of aliphatic hydroxyl groups excluding tert-OH is 1. The summed E-state index contributed by atoms with van der Waals surface area (Å²) in [5, 5.41) is 9.99. The zero-order chi connectivity index (χ0) is 22.7. The lowest BCUT2D eigenvalue weighted by Gasteiger charge is -2.28. The quantitative estimate of drug-likeness (QED) is 0.335. The fourth-order valence-electron chi connectivity index (χ4n) is 3.53. The average molecular weight is 473 g/mol. The highest BCUT2D eigenvalue weighted by molar-refractivity contribution is 7.99. The number of H-pyrrole nitrogens is 1. The maximum absolute atomic E-state index is 12.5. The Morgan fingerprint density at radius 2 is 2.22 bits per heavy atom. The first kappa shape index (κ1) is 22.8. The molecule has 7 nitrogen and oxygen atoms in total. The summed E-state index contributed by atoms with van der Waals surface area (Å²) in [5.74, 6) is 0. The zero-order valence-corrected chi connectivity index (χ0v) is 20.1. The number of nitrogens with zero attached hydrogens (tertiary/aromatic N) is 2. The van der Waals surface area contributed by atoms with E-state index < -0.39 is 5.60 Å². The van der Waals surface area contributed by atoms with E-state index in [1.807, 2.05) is 39.2 Å². The van der Waals surface area contributed by atoms with E-state index in [0.29, 0.717) is 13.1 Å². The van der Waals surface area contributed by atoms with E-state index in [9.17, 15) is 4.79 Å². The summed E-state index contributed by atoms with van der Waals surface area (Å²) in [5.41, 5.74) is 3.48. The van der Waals surface area contributed by atoms with Crippen molar-refractivity contribution in [1.82, 2.24) is 19.6 Å². The van der Waals surface area contributed by atoms with Crippen LogP contribution in [0.5, 0.6) is 0 Å². The number of pyridine rings is 1. The molecule has 170 valence electrons. The lowest BCUT2D eigenvalue weighted by atomic mass is 10.0. The van der Waals surface area contributed by atoms with Crippen LogP contribution in [0.1, 0.15) is 39.3 Å². The number of ether oxygens (including phenoxy) is 1. The Bertz CT molecular complexity index is 1130. The van der Waals surface area contributed by atoms with Crippen molar-refractivity contribution in [3.05, 3.63) is 42.4 Å². The predicted octanol–water partition coefficient (Wildman–Crippen LogP) is 5.25. The van der Waals surface area contributed by atoms with Crippen molar-refractivity contribution in [3.8, 4) is 10.4 Å². The number of rotatable bonds is 6. The van der Waals surface area contributed by atoms with Crippen LogP contribution in [0.3, 0.4) is 0 Å². The van der Waals surface area contributed by atoms with E-state index in [1.165, 1.54) is 11.9 Å². The molecule has 9 heteroatoms. The van der Waals surface area contributed by atoms with Gasteiger partial charge in [-0.3, -0.25) is 9.62 Å². The molecule has 1 amide bonds. The molecule has 0 fully saturated rings. The number of aromatic nitrogens is 2. The number of aliphatic hydroxyl groups is 1. The highest BCUT2D eigenvalue weighted by atomic mass is 32.2. The maximum Gasteiger partial charge on any atom is 0.414 e. The summed E-state index contributed by atoms with van der Waals surface area (Å²) < 4.78 is 9.81. The van der Waals surface area contributed by atoms with Crippen LogP contribution in [0, 0.1) is 0 Å². The largest absolute Gasteiger partial charge is 0.443 e. The van der Waals surface area contributed by atoms with Crippen molar-refractivity contribution in [1.29, 1.82) is 0 Å². The van der Waals surface area contributed by atoms with Gasteiger partial charge in [0.2, 0.25) is 0 Å². The van der Waals surface area contributed by atoms with E-state index in [-0.39, 0.29) is 12.7 Å². The van der Waals surface area contributed by atoms with E-state index in [0.717, 1.165) is 49.8 Å². The van der Waals surface area contributed by atoms with Crippen molar-refractivity contribution in [2.75, 3.05) is 19.7 Å². The second-order valence-electron chi connectivity index (χ2n) is 8.57. The van der Waals surface area contributed by atoms with Crippen molar-refractivity contribution < 1.29 is 14.6 Å². The van der Waals surface area contributed by atoms with Gasteiger partial charge in [0.15, 0.2) is 0 Å². The summed E-state index contributed by atoms with van der Waals surface area (Å²) in [7, 11) is 0. The number of carbonyl (C=O) groups is 1. The molecular weight excluding hydrogens is 444 g/mol. The average Bonchev–Trinajstić information content (AvgIpc) is 3.40. The topological polar surface area (TPSA) is 90.5 Å². The first-order valence-corrected chi connectivity index (χ1v) is 12.3. The standard InChI is InChI=1S/C23H28N4O3S2/c1-23(2,3)30-22(29)27-11-4-5-15(14-27)18-13-17-16(8-9-24-21(17)26-18)19-6-7-20(31-19)32-25-10-12-28/h6-9,13-14,25,28H,4-5,10-12H2,1-3H3,(H,24,26).